The Balaban J connectivity index is 2.04. The second kappa shape index (κ2) is 7.53. The van der Waals surface area contributed by atoms with Gasteiger partial charge in [0.25, 0.3) is 0 Å². The Bertz CT molecular complexity index is 656. The van der Waals surface area contributed by atoms with Crippen molar-refractivity contribution in [2.24, 2.45) is 0 Å². The average Bonchev–Trinajstić information content (AvgIpc) is 2.87. The van der Waals surface area contributed by atoms with Gasteiger partial charge in [-0.05, 0) is 55.1 Å². The fraction of sp³-hybridized carbons (Fsp3) is 0.533. The molecule has 2 rings (SSSR count). The van der Waals surface area contributed by atoms with E-state index in [0.717, 1.165) is 23.7 Å². The molecule has 8 heteroatoms. The number of aryl methyl sites for hydroxylation is 1. The Morgan fingerprint density at radius 2 is 2.13 bits per heavy atom. The van der Waals surface area contributed by atoms with Gasteiger partial charge in [-0.2, -0.15) is 15.0 Å². The molecule has 0 saturated carbocycles. The Morgan fingerprint density at radius 1 is 1.39 bits per heavy atom. The van der Waals surface area contributed by atoms with Gasteiger partial charge in [0, 0.05) is 20.8 Å². The first-order chi connectivity index (χ1) is 10.8. The lowest BCUT2D eigenvalue weighted by Crippen LogP contribution is -2.24. The summed E-state index contributed by atoms with van der Waals surface area (Å²) in [7, 11) is 0. The zero-order valence-electron chi connectivity index (χ0n) is 13.4. The molecule has 23 heavy (non-hydrogen) atoms. The van der Waals surface area contributed by atoms with E-state index in [1.54, 1.807) is 11.3 Å². The van der Waals surface area contributed by atoms with Crippen molar-refractivity contribution in [1.29, 1.82) is 0 Å². The minimum absolute atomic E-state index is 0.0280. The van der Waals surface area contributed by atoms with Gasteiger partial charge in [0.15, 0.2) is 11.5 Å². The van der Waals surface area contributed by atoms with Crippen LogP contribution >= 0.6 is 27.3 Å². The molecule has 126 valence electrons. The highest BCUT2D eigenvalue weighted by Gasteiger charge is 2.24. The molecule has 1 atom stereocenters. The highest BCUT2D eigenvalue weighted by Crippen LogP contribution is 2.24. The lowest BCUT2D eigenvalue weighted by Gasteiger charge is -2.18. The van der Waals surface area contributed by atoms with E-state index in [1.165, 1.54) is 18.7 Å². The zero-order chi connectivity index (χ0) is 17.0. The number of hydrogen-bond acceptors (Lipinski definition) is 6. The Morgan fingerprint density at radius 3 is 2.70 bits per heavy atom. The van der Waals surface area contributed by atoms with Gasteiger partial charge >= 0.3 is 0 Å². The predicted octanol–water partition coefficient (Wildman–Crippen LogP) is 4.31. The molecule has 3 N–H and O–H groups in total. The second-order valence-electron chi connectivity index (χ2n) is 5.83. The van der Waals surface area contributed by atoms with Crippen LogP contribution in [0.15, 0.2) is 15.9 Å². The number of nitrogens with one attached hydrogen (secondary N) is 1. The topological polar surface area (TPSA) is 76.7 Å². The molecule has 2 heterocycles. The summed E-state index contributed by atoms with van der Waals surface area (Å²) in [6.07, 6.45) is 2.81. The standard InChI is InChI=1S/C15H21BrFN5S/c1-4-10(5-6-11-7-9(16)8-23-11)19-14-21-12(15(2,3)17)20-13(18)22-14/h7-8,10H,4-6H2,1-3H3,(H3,18,19,20,21,22). The molecule has 1 unspecified atom stereocenters. The number of halogens is 2. The van der Waals surface area contributed by atoms with Crippen LogP contribution in [0.2, 0.25) is 0 Å². The first kappa shape index (κ1) is 18.1. The second-order valence-corrected chi connectivity index (χ2v) is 7.74. The van der Waals surface area contributed by atoms with E-state index >= 15 is 0 Å². The van der Waals surface area contributed by atoms with E-state index in [1.807, 2.05) is 0 Å². The maximum atomic E-state index is 14.0. The van der Waals surface area contributed by atoms with E-state index in [9.17, 15) is 4.39 Å². The van der Waals surface area contributed by atoms with E-state index in [-0.39, 0.29) is 17.8 Å². The summed E-state index contributed by atoms with van der Waals surface area (Å²) in [5.74, 6) is 0.405. The van der Waals surface area contributed by atoms with Crippen LogP contribution in [0.4, 0.5) is 16.3 Å². The summed E-state index contributed by atoms with van der Waals surface area (Å²) in [6.45, 7) is 4.89. The van der Waals surface area contributed by atoms with Gasteiger partial charge < -0.3 is 11.1 Å². The molecule has 0 bridgehead atoms. The molecule has 2 aromatic rings. The maximum Gasteiger partial charge on any atom is 0.228 e. The fourth-order valence-corrected chi connectivity index (χ4v) is 3.56. The number of anilines is 2. The van der Waals surface area contributed by atoms with Crippen molar-refractivity contribution < 1.29 is 4.39 Å². The summed E-state index contributed by atoms with van der Waals surface area (Å²) in [5, 5.41) is 5.32. The lowest BCUT2D eigenvalue weighted by atomic mass is 10.1. The molecule has 2 aromatic heterocycles. The molecule has 0 aliphatic carbocycles. The molecule has 5 nitrogen and oxygen atoms in total. The van der Waals surface area contributed by atoms with Gasteiger partial charge in [0.1, 0.15) is 0 Å². The van der Waals surface area contributed by atoms with Crippen molar-refractivity contribution in [3.8, 4) is 0 Å². The molecule has 0 spiro atoms. The fourth-order valence-electron chi connectivity index (χ4n) is 2.09. The third kappa shape index (κ3) is 5.39. The van der Waals surface area contributed by atoms with Gasteiger partial charge in [-0.25, -0.2) is 4.39 Å². The number of aromatic nitrogens is 3. The van der Waals surface area contributed by atoms with Crippen LogP contribution < -0.4 is 11.1 Å². The SMILES string of the molecule is CCC(CCc1cc(Br)cs1)Nc1nc(N)nc(C(C)(C)F)n1. The quantitative estimate of drug-likeness (QED) is 0.722. The van der Waals surface area contributed by atoms with Crippen LogP contribution in [0.1, 0.15) is 44.3 Å². The van der Waals surface area contributed by atoms with Crippen LogP contribution in [0.25, 0.3) is 0 Å². The van der Waals surface area contributed by atoms with Crippen molar-refractivity contribution in [3.05, 3.63) is 26.6 Å². The van der Waals surface area contributed by atoms with Crippen molar-refractivity contribution in [2.45, 2.75) is 51.7 Å². The molecule has 0 amide bonds. The van der Waals surface area contributed by atoms with Gasteiger partial charge in [-0.3, -0.25) is 0 Å². The molecular formula is C15H21BrFN5S. The molecule has 0 saturated heterocycles. The van der Waals surface area contributed by atoms with E-state index < -0.39 is 5.67 Å². The minimum atomic E-state index is -1.65. The van der Waals surface area contributed by atoms with Crippen LogP contribution in [-0.2, 0) is 12.1 Å². The Hall–Kier alpha value is -1.28. The zero-order valence-corrected chi connectivity index (χ0v) is 15.8. The number of nitrogens with two attached hydrogens (primary N) is 1. The molecule has 0 fully saturated rings. The number of alkyl halides is 1. The first-order valence-electron chi connectivity index (χ1n) is 7.48. The van der Waals surface area contributed by atoms with Gasteiger partial charge in [0.05, 0.1) is 0 Å². The van der Waals surface area contributed by atoms with Crippen molar-refractivity contribution in [1.82, 2.24) is 15.0 Å². The minimum Gasteiger partial charge on any atom is -0.368 e. The molecule has 0 aliphatic heterocycles. The normalized spacial score (nSPS) is 13.1. The number of nitrogen functional groups attached to an aromatic ring is 1. The lowest BCUT2D eigenvalue weighted by molar-refractivity contribution is 0.206. The summed E-state index contributed by atoms with van der Waals surface area (Å²) >= 11 is 5.19. The number of nitrogens with zero attached hydrogens (tertiary/aromatic N) is 3. The number of hydrogen-bond donors (Lipinski definition) is 2. The van der Waals surface area contributed by atoms with Gasteiger partial charge in [-0.1, -0.05) is 6.92 Å². The third-order valence-corrected chi connectivity index (χ3v) is 5.13. The van der Waals surface area contributed by atoms with Crippen LogP contribution in [0, 0.1) is 0 Å². The summed E-state index contributed by atoms with van der Waals surface area (Å²) in [6, 6.07) is 2.32. The van der Waals surface area contributed by atoms with Crippen molar-refractivity contribution in [2.75, 3.05) is 11.1 Å². The van der Waals surface area contributed by atoms with Crippen molar-refractivity contribution >= 4 is 39.2 Å². The molecule has 0 radical (unpaired) electrons. The molecule has 0 aromatic carbocycles. The predicted molar refractivity (Wildman–Crippen MR) is 96.4 cm³/mol. The first-order valence-corrected chi connectivity index (χ1v) is 9.15. The van der Waals surface area contributed by atoms with Crippen LogP contribution in [0.5, 0.6) is 0 Å². The highest BCUT2D eigenvalue weighted by molar-refractivity contribution is 9.10. The van der Waals surface area contributed by atoms with Crippen LogP contribution in [0.3, 0.4) is 0 Å². The van der Waals surface area contributed by atoms with E-state index in [4.69, 9.17) is 5.73 Å². The van der Waals surface area contributed by atoms with Crippen LogP contribution in [-0.4, -0.2) is 21.0 Å². The largest absolute Gasteiger partial charge is 0.368 e. The third-order valence-electron chi connectivity index (χ3n) is 3.37. The van der Waals surface area contributed by atoms with E-state index in [0.29, 0.717) is 5.95 Å². The maximum absolute atomic E-state index is 14.0. The van der Waals surface area contributed by atoms with Gasteiger partial charge in [0.2, 0.25) is 11.9 Å². The number of rotatable bonds is 7. The highest BCUT2D eigenvalue weighted by atomic mass is 79.9. The Kier molecular flexibility index (Phi) is 5.91. The Labute approximate surface area is 148 Å². The monoisotopic (exact) mass is 401 g/mol. The molecular weight excluding hydrogens is 381 g/mol. The average molecular weight is 402 g/mol. The smallest absolute Gasteiger partial charge is 0.228 e. The summed E-state index contributed by atoms with van der Waals surface area (Å²) < 4.78 is 15.1. The van der Waals surface area contributed by atoms with Crippen molar-refractivity contribution in [3.63, 3.8) is 0 Å². The van der Waals surface area contributed by atoms with E-state index in [2.05, 4.69) is 54.6 Å². The number of thiophene rings is 1. The van der Waals surface area contributed by atoms with Gasteiger partial charge in [-0.15, -0.1) is 11.3 Å². The molecule has 0 aliphatic rings. The summed E-state index contributed by atoms with van der Waals surface area (Å²) in [5.41, 5.74) is 4.01. The summed E-state index contributed by atoms with van der Waals surface area (Å²) in [4.78, 5) is 13.4.